The van der Waals surface area contributed by atoms with Crippen LogP contribution in [0.1, 0.15) is 6.92 Å². The summed E-state index contributed by atoms with van der Waals surface area (Å²) in [6, 6.07) is 10.4. The van der Waals surface area contributed by atoms with Gasteiger partial charge in [-0.3, -0.25) is 9.59 Å². The van der Waals surface area contributed by atoms with E-state index in [9.17, 15) is 22.8 Å². The van der Waals surface area contributed by atoms with Gasteiger partial charge in [-0.2, -0.15) is 8.78 Å². The molecule has 0 aliphatic heterocycles. The van der Waals surface area contributed by atoms with Crippen LogP contribution in [0.2, 0.25) is 0 Å². The van der Waals surface area contributed by atoms with Gasteiger partial charge in [-0.05, 0) is 42.1 Å². The number of aromatic nitrogens is 2. The predicted molar refractivity (Wildman–Crippen MR) is 101 cm³/mol. The minimum absolute atomic E-state index is 0.0150. The van der Waals surface area contributed by atoms with Crippen LogP contribution < -0.4 is 10.6 Å². The van der Waals surface area contributed by atoms with E-state index in [4.69, 9.17) is 0 Å². The molecule has 0 unspecified atom stereocenters. The van der Waals surface area contributed by atoms with Gasteiger partial charge in [0.2, 0.25) is 11.8 Å². The first-order valence-electron chi connectivity index (χ1n) is 8.10. The van der Waals surface area contributed by atoms with E-state index < -0.39 is 17.5 Å². The largest absolute Gasteiger partial charge is 0.326 e. The van der Waals surface area contributed by atoms with E-state index in [1.807, 2.05) is 0 Å². The molecule has 0 saturated carbocycles. The van der Waals surface area contributed by atoms with Gasteiger partial charge in [0.25, 0.3) is 5.76 Å². The van der Waals surface area contributed by atoms with Gasteiger partial charge >= 0.3 is 0 Å². The Bertz CT molecular complexity index is 1040. The van der Waals surface area contributed by atoms with Crippen molar-refractivity contribution >= 4 is 46.0 Å². The van der Waals surface area contributed by atoms with Crippen LogP contribution in [0.5, 0.6) is 0 Å². The number of carbonyl (C=O) groups excluding carboxylic acids is 2. The van der Waals surface area contributed by atoms with E-state index in [1.54, 1.807) is 24.3 Å². The molecule has 3 aromatic rings. The molecule has 1 aromatic heterocycles. The number of nitrogens with zero attached hydrogens (tertiary/aromatic N) is 2. The lowest BCUT2D eigenvalue weighted by Gasteiger charge is -2.11. The summed E-state index contributed by atoms with van der Waals surface area (Å²) in [6.07, 6.45) is 0. The molecule has 28 heavy (non-hydrogen) atoms. The fourth-order valence-corrected chi connectivity index (χ4v) is 3.21. The van der Waals surface area contributed by atoms with E-state index >= 15 is 0 Å². The van der Waals surface area contributed by atoms with Crippen LogP contribution in [-0.2, 0) is 16.1 Å². The Hall–Kier alpha value is -3.01. The average molecular weight is 408 g/mol. The minimum Gasteiger partial charge on any atom is -0.326 e. The maximum absolute atomic E-state index is 14.0. The molecule has 0 aliphatic carbocycles. The second kappa shape index (κ2) is 8.34. The molecule has 3 rings (SSSR count). The highest BCUT2D eigenvalue weighted by Gasteiger charge is 2.18. The Morgan fingerprint density at radius 2 is 1.93 bits per heavy atom. The zero-order valence-corrected chi connectivity index (χ0v) is 15.4. The zero-order valence-electron chi connectivity index (χ0n) is 14.6. The van der Waals surface area contributed by atoms with Gasteiger partial charge in [-0.25, -0.2) is 9.37 Å². The third kappa shape index (κ3) is 4.63. The van der Waals surface area contributed by atoms with E-state index in [0.717, 1.165) is 6.07 Å². The van der Waals surface area contributed by atoms with Crippen molar-refractivity contribution in [3.05, 3.63) is 48.3 Å². The summed E-state index contributed by atoms with van der Waals surface area (Å²) in [7, 11) is 0. The molecule has 0 fully saturated rings. The van der Waals surface area contributed by atoms with E-state index in [0.29, 0.717) is 16.7 Å². The quantitative estimate of drug-likeness (QED) is 0.603. The van der Waals surface area contributed by atoms with Crippen LogP contribution in [0, 0.1) is 5.82 Å². The van der Waals surface area contributed by atoms with Gasteiger partial charge in [0.1, 0.15) is 12.4 Å². The second-order valence-corrected chi connectivity index (χ2v) is 6.73. The Morgan fingerprint density at radius 1 is 1.18 bits per heavy atom. The summed E-state index contributed by atoms with van der Waals surface area (Å²) in [6.45, 7) is 0.966. The molecule has 146 valence electrons. The molecule has 10 heteroatoms. The Kier molecular flexibility index (Phi) is 5.88. The fourth-order valence-electron chi connectivity index (χ4n) is 2.61. The number of fused-ring (bicyclic) bond motifs is 1. The van der Waals surface area contributed by atoms with Crippen LogP contribution >= 0.6 is 11.8 Å². The Balaban J connectivity index is 1.85. The first-order valence-corrected chi connectivity index (χ1v) is 8.98. The Morgan fingerprint density at radius 3 is 2.64 bits per heavy atom. The van der Waals surface area contributed by atoms with Crippen LogP contribution in [0.4, 0.5) is 24.5 Å². The molecule has 0 spiro atoms. The zero-order chi connectivity index (χ0) is 20.3. The van der Waals surface area contributed by atoms with Crippen LogP contribution in [0.15, 0.2) is 47.6 Å². The molecule has 2 amide bonds. The summed E-state index contributed by atoms with van der Waals surface area (Å²) >= 11 is 0.228. The van der Waals surface area contributed by atoms with Crippen molar-refractivity contribution in [1.82, 2.24) is 9.55 Å². The normalized spacial score (nSPS) is 11.0. The number of anilines is 2. The van der Waals surface area contributed by atoms with Crippen molar-refractivity contribution in [1.29, 1.82) is 0 Å². The highest BCUT2D eigenvalue weighted by Crippen LogP contribution is 2.28. The van der Waals surface area contributed by atoms with Crippen molar-refractivity contribution in [3.8, 4) is 0 Å². The van der Waals surface area contributed by atoms with Gasteiger partial charge in [-0.1, -0.05) is 12.1 Å². The number of nitrogens with one attached hydrogen (secondary N) is 2. The van der Waals surface area contributed by atoms with Gasteiger partial charge in [0.05, 0.1) is 16.7 Å². The topological polar surface area (TPSA) is 76.0 Å². The van der Waals surface area contributed by atoms with Gasteiger partial charge in [0.15, 0.2) is 5.16 Å². The maximum atomic E-state index is 14.0. The van der Waals surface area contributed by atoms with Crippen molar-refractivity contribution in [3.63, 3.8) is 0 Å². The summed E-state index contributed by atoms with van der Waals surface area (Å²) in [5.74, 6) is -4.37. The van der Waals surface area contributed by atoms with Gasteiger partial charge in [-0.15, -0.1) is 0 Å². The molecule has 0 atom stereocenters. The molecule has 6 nitrogen and oxygen atoms in total. The number of imidazole rings is 1. The molecule has 2 aromatic carbocycles. The lowest BCUT2D eigenvalue weighted by Crippen LogP contribution is -2.20. The molecule has 2 N–H and O–H groups in total. The standard InChI is InChI=1S/C18H15F3N4O2S/c1-10(26)22-11-6-7-12(19)14(8-11)23-16(27)9-25-15-5-3-2-4-13(15)24-18(25)28-17(20)21/h2-8,17H,9H2,1H3,(H,22,26)(H,23,27). The van der Waals surface area contributed by atoms with Crippen LogP contribution in [0.25, 0.3) is 11.0 Å². The second-order valence-electron chi connectivity index (χ2n) is 5.77. The minimum atomic E-state index is -2.70. The smallest absolute Gasteiger partial charge is 0.291 e. The summed E-state index contributed by atoms with van der Waals surface area (Å²) in [5.41, 5.74) is 1.15. The number of para-hydroxylation sites is 2. The Labute approximate surface area is 162 Å². The highest BCUT2D eigenvalue weighted by atomic mass is 32.2. The van der Waals surface area contributed by atoms with E-state index in [1.165, 1.54) is 23.6 Å². The van der Waals surface area contributed by atoms with Crippen molar-refractivity contribution in [2.45, 2.75) is 24.4 Å². The molecular formula is C18H15F3N4O2S. The summed E-state index contributed by atoms with van der Waals surface area (Å²) in [5, 5.41) is 4.87. The number of hydrogen-bond donors (Lipinski definition) is 2. The number of rotatable bonds is 6. The third-order valence-electron chi connectivity index (χ3n) is 3.68. The number of thioether (sulfide) groups is 1. The molecule has 0 bridgehead atoms. The lowest BCUT2D eigenvalue weighted by atomic mass is 10.2. The van der Waals surface area contributed by atoms with Crippen molar-refractivity contribution in [2.75, 3.05) is 10.6 Å². The fraction of sp³-hybridized carbons (Fsp3) is 0.167. The number of benzene rings is 2. The predicted octanol–water partition coefficient (Wildman–Crippen LogP) is 4.09. The summed E-state index contributed by atoms with van der Waals surface area (Å²) < 4.78 is 41.0. The average Bonchev–Trinajstić information content (AvgIpc) is 2.94. The van der Waals surface area contributed by atoms with Crippen LogP contribution in [-0.4, -0.2) is 27.1 Å². The van der Waals surface area contributed by atoms with Gasteiger partial charge < -0.3 is 15.2 Å². The lowest BCUT2D eigenvalue weighted by molar-refractivity contribution is -0.117. The third-order valence-corrected chi connectivity index (χ3v) is 4.38. The number of hydrogen-bond acceptors (Lipinski definition) is 4. The molecule has 0 aliphatic rings. The molecule has 0 saturated heterocycles. The first-order chi connectivity index (χ1) is 13.3. The van der Waals surface area contributed by atoms with E-state index in [-0.39, 0.29) is 35.1 Å². The highest BCUT2D eigenvalue weighted by molar-refractivity contribution is 7.99. The maximum Gasteiger partial charge on any atom is 0.291 e. The SMILES string of the molecule is CC(=O)Nc1ccc(F)c(NC(=O)Cn2c(SC(F)F)nc3ccccc32)c1. The van der Waals surface area contributed by atoms with Crippen LogP contribution in [0.3, 0.4) is 0 Å². The number of alkyl halides is 2. The first kappa shape index (κ1) is 19.7. The molecule has 1 heterocycles. The van der Waals surface area contributed by atoms with E-state index in [2.05, 4.69) is 15.6 Å². The number of halogens is 3. The molecular weight excluding hydrogens is 393 g/mol. The van der Waals surface area contributed by atoms with Crippen molar-refractivity contribution in [2.24, 2.45) is 0 Å². The summed E-state index contributed by atoms with van der Waals surface area (Å²) in [4.78, 5) is 27.7. The number of carbonyl (C=O) groups is 2. The van der Waals surface area contributed by atoms with Crippen molar-refractivity contribution < 1.29 is 22.8 Å². The van der Waals surface area contributed by atoms with Gasteiger partial charge in [0, 0.05) is 12.6 Å². The number of amides is 2. The monoisotopic (exact) mass is 408 g/mol. The molecule has 0 radical (unpaired) electrons.